The van der Waals surface area contributed by atoms with Crippen LogP contribution < -0.4 is 58.9 Å². The van der Waals surface area contributed by atoms with Crippen LogP contribution in [0, 0.1) is 5.92 Å². The van der Waals surface area contributed by atoms with Crippen LogP contribution in [0.5, 0.6) is 0 Å². The molecule has 3 aromatic rings. The summed E-state index contributed by atoms with van der Waals surface area (Å²) in [6.07, 6.45) is -3.35. The molecule has 80 heavy (non-hydrogen) atoms. The summed E-state index contributed by atoms with van der Waals surface area (Å²) in [6.45, 7) is 4.84. The average Bonchev–Trinajstić information content (AvgIpc) is 3.81. The van der Waals surface area contributed by atoms with Crippen molar-refractivity contribution in [1.82, 2.24) is 58.2 Å². The first-order valence-electron chi connectivity index (χ1n) is 26.4. The van der Waals surface area contributed by atoms with E-state index in [0.717, 1.165) is 13.8 Å². The highest BCUT2D eigenvalue weighted by atomic mass is 16.4. The summed E-state index contributed by atoms with van der Waals surface area (Å²) in [6, 6.07) is 1.04. The van der Waals surface area contributed by atoms with Crippen LogP contribution in [0.1, 0.15) is 83.8 Å². The molecule has 0 saturated carbocycles. The second-order valence-corrected chi connectivity index (χ2v) is 20.1. The lowest BCUT2D eigenvalue weighted by molar-refractivity contribution is -0.142. The van der Waals surface area contributed by atoms with E-state index in [1.165, 1.54) is 7.05 Å². The number of aromatic nitrogens is 1. The van der Waals surface area contributed by atoms with E-state index in [4.69, 9.17) is 5.73 Å². The number of nitrogens with one attached hydrogen (secondary N) is 11. The molecule has 1 aromatic heterocycles. The molecule has 2 heterocycles. The van der Waals surface area contributed by atoms with Gasteiger partial charge in [-0.05, 0) is 76.1 Å². The number of amides is 10. The number of hydrogen-bond acceptors (Lipinski definition) is 15. The Labute approximate surface area is 461 Å². The number of carbonyl (C=O) groups is 11. The Balaban J connectivity index is 1.81. The smallest absolute Gasteiger partial charge is 0.305 e. The molecule has 27 nitrogen and oxygen atoms in total. The summed E-state index contributed by atoms with van der Waals surface area (Å²) in [7, 11) is 1.45. The highest BCUT2D eigenvalue weighted by Crippen LogP contribution is 2.20. The number of para-hydroxylation sites is 1. The fourth-order valence-electron chi connectivity index (χ4n) is 8.77. The highest BCUT2D eigenvalue weighted by molar-refractivity contribution is 5.99. The molecular formula is C53H76N12O15. The third-order valence-electron chi connectivity index (χ3n) is 13.1. The number of fused-ring (bicyclic) bond motifs is 1. The normalized spacial score (nSPS) is 25.2. The fraction of sp³-hybridized carbons (Fsp3) is 0.528. The van der Waals surface area contributed by atoms with Crippen LogP contribution in [0.25, 0.3) is 10.9 Å². The molecule has 2 aromatic carbocycles. The Kier molecular flexibility index (Phi) is 25.4. The zero-order valence-electron chi connectivity index (χ0n) is 45.3. The Bertz CT molecular complexity index is 2650. The van der Waals surface area contributed by atoms with Gasteiger partial charge >= 0.3 is 5.97 Å². The third-order valence-corrected chi connectivity index (χ3v) is 13.1. The first-order valence-corrected chi connectivity index (χ1v) is 26.4. The summed E-state index contributed by atoms with van der Waals surface area (Å²) in [5.74, 6) is -11.7. The predicted molar refractivity (Wildman–Crippen MR) is 288 cm³/mol. The Hall–Kier alpha value is -8.01. The van der Waals surface area contributed by atoms with E-state index in [1.807, 2.05) is 13.8 Å². The SMILES string of the molecule is CN[C@H]1CCCCNC(=O)[C@H](CC(C)C)NC(=O)[C@H](CCC(N)=O)NC(=O)[C@H](Cc2ccccc2)NC(=O)[C@H](Cc2c[nH]c3ccccc23)NC(=O)[C@H]([C@@H](C)O)NC(=O)[C@H]([C@@H](C)O)NC(=O)[C@H](CC(=O)O)NC(=O)[C@H](CO)NC1=O. The van der Waals surface area contributed by atoms with Crippen LogP contribution in [0.3, 0.4) is 0 Å². The Morgan fingerprint density at radius 1 is 0.613 bits per heavy atom. The fourth-order valence-corrected chi connectivity index (χ4v) is 8.77. The zero-order chi connectivity index (χ0) is 59.2. The van der Waals surface area contributed by atoms with E-state index in [0.29, 0.717) is 34.9 Å². The number of rotatable bonds is 15. The molecule has 0 spiro atoms. The molecule has 0 radical (unpaired) electrons. The maximum atomic E-state index is 14.8. The van der Waals surface area contributed by atoms with Crippen LogP contribution in [0.15, 0.2) is 60.8 Å². The van der Waals surface area contributed by atoms with Gasteiger partial charge in [-0.25, -0.2) is 0 Å². The molecule has 0 unspecified atom stereocenters. The van der Waals surface area contributed by atoms with Gasteiger partial charge in [-0.15, -0.1) is 0 Å². The molecule has 17 N–H and O–H groups in total. The lowest BCUT2D eigenvalue weighted by atomic mass is 10.00. The topological polar surface area (TPSA) is 431 Å². The van der Waals surface area contributed by atoms with Gasteiger partial charge in [0.15, 0.2) is 0 Å². The van der Waals surface area contributed by atoms with Gasteiger partial charge in [0.25, 0.3) is 0 Å². The van der Waals surface area contributed by atoms with Crippen molar-refractivity contribution in [2.24, 2.45) is 11.7 Å². The second kappa shape index (κ2) is 31.5. The van der Waals surface area contributed by atoms with Crippen molar-refractivity contribution in [3.8, 4) is 0 Å². The van der Waals surface area contributed by atoms with Crippen LogP contribution in [-0.2, 0) is 65.6 Å². The van der Waals surface area contributed by atoms with E-state index in [-0.39, 0.29) is 51.0 Å². The number of aliphatic hydroxyl groups excluding tert-OH is 3. The molecule has 438 valence electrons. The molecule has 1 fully saturated rings. The second-order valence-electron chi connectivity index (χ2n) is 20.1. The van der Waals surface area contributed by atoms with Crippen LogP contribution >= 0.6 is 0 Å². The summed E-state index contributed by atoms with van der Waals surface area (Å²) in [4.78, 5) is 153. The lowest BCUT2D eigenvalue weighted by Crippen LogP contribution is -2.63. The van der Waals surface area contributed by atoms with E-state index >= 15 is 0 Å². The number of likely N-dealkylation sites (N-methyl/N-ethyl adjacent to an activating group) is 1. The van der Waals surface area contributed by atoms with Crippen molar-refractivity contribution in [2.75, 3.05) is 20.2 Å². The number of benzene rings is 2. The average molecular weight is 1120 g/mol. The number of carboxylic acids is 1. The first-order chi connectivity index (χ1) is 37.9. The van der Waals surface area contributed by atoms with Crippen molar-refractivity contribution in [3.63, 3.8) is 0 Å². The van der Waals surface area contributed by atoms with Crippen molar-refractivity contribution >= 4 is 75.9 Å². The van der Waals surface area contributed by atoms with E-state index in [1.54, 1.807) is 60.8 Å². The van der Waals surface area contributed by atoms with Gasteiger partial charge in [-0.1, -0.05) is 62.4 Å². The molecule has 27 heteroatoms. The summed E-state index contributed by atoms with van der Waals surface area (Å²) >= 11 is 0. The monoisotopic (exact) mass is 1120 g/mol. The number of carboxylic acid groups (broad SMARTS) is 1. The minimum absolute atomic E-state index is 0.0672. The number of aromatic amines is 1. The first kappa shape index (κ1) is 64.5. The van der Waals surface area contributed by atoms with Gasteiger partial charge in [0.1, 0.15) is 48.3 Å². The molecule has 1 aliphatic heterocycles. The largest absolute Gasteiger partial charge is 0.481 e. The zero-order valence-corrected chi connectivity index (χ0v) is 45.3. The number of aliphatic hydroxyl groups is 3. The number of nitrogens with two attached hydrogens (primary N) is 1. The number of hydrogen-bond donors (Lipinski definition) is 16. The summed E-state index contributed by atoms with van der Waals surface area (Å²) in [5, 5.41) is 67.2. The Morgan fingerprint density at radius 2 is 1.12 bits per heavy atom. The predicted octanol–water partition coefficient (Wildman–Crippen LogP) is -3.74. The van der Waals surface area contributed by atoms with Gasteiger partial charge in [-0.3, -0.25) is 52.7 Å². The molecule has 1 aliphatic rings. The van der Waals surface area contributed by atoms with Gasteiger partial charge in [0, 0.05) is 42.9 Å². The van der Waals surface area contributed by atoms with E-state index in [2.05, 4.69) is 58.2 Å². The van der Waals surface area contributed by atoms with Crippen LogP contribution in [0.2, 0.25) is 0 Å². The maximum absolute atomic E-state index is 14.8. The molecule has 1 saturated heterocycles. The van der Waals surface area contributed by atoms with Crippen molar-refractivity contribution in [2.45, 2.75) is 152 Å². The van der Waals surface area contributed by atoms with Crippen LogP contribution in [0.4, 0.5) is 0 Å². The maximum Gasteiger partial charge on any atom is 0.305 e. The van der Waals surface area contributed by atoms with Gasteiger partial charge in [-0.2, -0.15) is 0 Å². The molecular weight excluding hydrogens is 1040 g/mol. The van der Waals surface area contributed by atoms with Gasteiger partial charge in [0.05, 0.1) is 31.3 Å². The quantitative estimate of drug-likeness (QED) is 0.0695. The van der Waals surface area contributed by atoms with Gasteiger partial charge in [0.2, 0.25) is 59.1 Å². The summed E-state index contributed by atoms with van der Waals surface area (Å²) in [5.41, 5.74) is 7.18. The number of H-pyrrole nitrogens is 1. The molecule has 11 atom stereocenters. The van der Waals surface area contributed by atoms with Crippen molar-refractivity contribution in [1.29, 1.82) is 0 Å². The van der Waals surface area contributed by atoms with Crippen molar-refractivity contribution < 1.29 is 73.2 Å². The lowest BCUT2D eigenvalue weighted by Gasteiger charge is -2.29. The van der Waals surface area contributed by atoms with Gasteiger partial charge < -0.3 is 84.3 Å². The standard InChI is InChI=1S/C53H76N12O15/c1-27(2)21-36-45(72)56-20-12-11-17-34(55-5)46(73)63-40(26-66)51(78)61-39(24-42(70)71)50(77)64-44(29(4)68)53(80)65-43(28(3)67)52(79)62-38(23-31-25-57-33-16-10-9-15-32(31)33)49(76)60-37(22-30-13-7-6-8-14-30)48(75)58-35(47(74)59-36)18-19-41(54)69/h6-10,13-16,25,27-29,34-40,43-44,55,57,66-68H,11-12,17-24,26H2,1-5H3,(H2,54,69)(H,56,72)(H,58,75)(H,59,74)(H,60,76)(H,61,78)(H,62,79)(H,63,73)(H,64,77)(H,65,80)(H,70,71)/t28-,29-,34+,35+,36+,37+,38+,39+,40+,43+,44+/m1/s1. The number of primary amides is 1. The number of aliphatic carboxylic acids is 1. The molecule has 4 rings (SSSR count). The molecule has 10 amide bonds. The van der Waals surface area contributed by atoms with Crippen LogP contribution in [-0.4, -0.2) is 177 Å². The number of carbonyl (C=O) groups excluding carboxylic acids is 10. The van der Waals surface area contributed by atoms with E-state index in [9.17, 15) is 73.2 Å². The highest BCUT2D eigenvalue weighted by Gasteiger charge is 2.38. The third kappa shape index (κ3) is 20.0. The van der Waals surface area contributed by atoms with E-state index < -0.39 is 145 Å². The summed E-state index contributed by atoms with van der Waals surface area (Å²) < 4.78 is 0. The Morgan fingerprint density at radius 3 is 1.73 bits per heavy atom. The molecule has 0 bridgehead atoms. The minimum Gasteiger partial charge on any atom is -0.481 e. The minimum atomic E-state index is -2.00. The van der Waals surface area contributed by atoms with Crippen molar-refractivity contribution in [3.05, 3.63) is 71.9 Å². The molecule has 0 aliphatic carbocycles.